The number of pyridine rings is 1. The molecule has 0 atom stereocenters. The van der Waals surface area contributed by atoms with Crippen LogP contribution in [-0.4, -0.2) is 28.4 Å². The largest absolute Gasteiger partial charge is 0.444 e. The maximum atomic E-state index is 14.5. The summed E-state index contributed by atoms with van der Waals surface area (Å²) in [6.07, 6.45) is 0.568. The second-order valence-electron chi connectivity index (χ2n) is 10.3. The summed E-state index contributed by atoms with van der Waals surface area (Å²) in [5.41, 5.74) is 3.42. The minimum absolute atomic E-state index is 0.198. The third-order valence-electron chi connectivity index (χ3n) is 5.86. The Labute approximate surface area is 232 Å². The fourth-order valence-corrected chi connectivity index (χ4v) is 3.99. The standard InChI is InChI=1S/C32H30FN3O4/c1-20-12-13-24(19-34-20)21-8-7-9-23(16-21)29(37)18-30(38)35-28-17-22(25-10-5-6-11-26(25)33)14-15-27(28)36-31(39)40-32(2,3)4/h5-17,19H,18H2,1-4H3,(H,35,38)(H,36,39). The van der Waals surface area contributed by atoms with E-state index in [4.69, 9.17) is 4.74 Å². The molecule has 0 bridgehead atoms. The van der Waals surface area contributed by atoms with Crippen molar-refractivity contribution in [3.05, 3.63) is 102 Å². The molecule has 1 aromatic heterocycles. The molecule has 0 aliphatic heterocycles. The van der Waals surface area contributed by atoms with Crippen LogP contribution in [0.25, 0.3) is 22.3 Å². The summed E-state index contributed by atoms with van der Waals surface area (Å²) in [5.74, 6) is -1.41. The Hall–Kier alpha value is -4.85. The normalized spacial score (nSPS) is 11.0. The highest BCUT2D eigenvalue weighted by Crippen LogP contribution is 2.31. The van der Waals surface area contributed by atoms with Gasteiger partial charge in [0.25, 0.3) is 0 Å². The maximum Gasteiger partial charge on any atom is 0.412 e. The molecule has 0 aliphatic carbocycles. The summed E-state index contributed by atoms with van der Waals surface area (Å²) in [6.45, 7) is 7.08. The summed E-state index contributed by atoms with van der Waals surface area (Å²) < 4.78 is 19.8. The average molecular weight is 540 g/mol. The Morgan fingerprint density at radius 1 is 0.825 bits per heavy atom. The molecule has 4 aromatic rings. The van der Waals surface area contributed by atoms with Crippen LogP contribution in [0.5, 0.6) is 0 Å². The zero-order valence-corrected chi connectivity index (χ0v) is 22.7. The van der Waals surface area contributed by atoms with Gasteiger partial charge in [-0.1, -0.05) is 48.5 Å². The molecule has 0 unspecified atom stereocenters. The van der Waals surface area contributed by atoms with Crippen molar-refractivity contribution in [2.45, 2.75) is 39.7 Å². The maximum absolute atomic E-state index is 14.5. The van der Waals surface area contributed by atoms with Gasteiger partial charge in [-0.25, -0.2) is 9.18 Å². The molecule has 0 spiro atoms. The Bertz CT molecular complexity index is 1560. The highest BCUT2D eigenvalue weighted by atomic mass is 19.1. The van der Waals surface area contributed by atoms with Gasteiger partial charge in [0, 0.05) is 28.6 Å². The topological polar surface area (TPSA) is 97.4 Å². The van der Waals surface area contributed by atoms with Gasteiger partial charge in [0.2, 0.25) is 5.91 Å². The van der Waals surface area contributed by atoms with Gasteiger partial charge < -0.3 is 10.1 Å². The third kappa shape index (κ3) is 7.38. The zero-order valence-electron chi connectivity index (χ0n) is 22.7. The number of anilines is 2. The van der Waals surface area contributed by atoms with Crippen LogP contribution in [0, 0.1) is 12.7 Å². The van der Waals surface area contributed by atoms with E-state index in [-0.39, 0.29) is 17.2 Å². The van der Waals surface area contributed by atoms with Crippen LogP contribution in [0.15, 0.2) is 85.1 Å². The first-order chi connectivity index (χ1) is 19.0. The molecule has 204 valence electrons. The van der Waals surface area contributed by atoms with E-state index in [1.807, 2.05) is 25.1 Å². The Kier molecular flexibility index (Phi) is 8.38. The number of halogens is 1. The number of hydrogen-bond donors (Lipinski definition) is 2. The number of Topliss-reactive ketones (excluding diaryl/α,β-unsaturated/α-hetero) is 1. The van der Waals surface area contributed by atoms with Gasteiger partial charge in [0.15, 0.2) is 5.78 Å². The lowest BCUT2D eigenvalue weighted by molar-refractivity contribution is -0.115. The van der Waals surface area contributed by atoms with Gasteiger partial charge in [-0.3, -0.25) is 19.9 Å². The molecule has 3 aromatic carbocycles. The van der Waals surface area contributed by atoms with Crippen LogP contribution < -0.4 is 10.6 Å². The minimum Gasteiger partial charge on any atom is -0.444 e. The second-order valence-corrected chi connectivity index (χ2v) is 10.3. The van der Waals surface area contributed by atoms with E-state index in [0.29, 0.717) is 16.7 Å². The lowest BCUT2D eigenvalue weighted by atomic mass is 10.0. The zero-order chi connectivity index (χ0) is 28.9. The molecule has 0 radical (unpaired) electrons. The molecule has 0 saturated heterocycles. The molecular formula is C32H30FN3O4. The third-order valence-corrected chi connectivity index (χ3v) is 5.86. The number of nitrogens with zero attached hydrogens (tertiary/aromatic N) is 1. The summed E-state index contributed by atoms with van der Waals surface area (Å²) in [5, 5.41) is 5.32. The van der Waals surface area contributed by atoms with E-state index < -0.39 is 29.8 Å². The molecule has 2 N–H and O–H groups in total. The van der Waals surface area contributed by atoms with Gasteiger partial charge >= 0.3 is 6.09 Å². The molecular weight excluding hydrogens is 509 g/mol. The molecule has 7 nitrogen and oxygen atoms in total. The van der Waals surface area contributed by atoms with Crippen LogP contribution in [-0.2, 0) is 9.53 Å². The van der Waals surface area contributed by atoms with Crippen LogP contribution in [0.2, 0.25) is 0 Å². The summed E-state index contributed by atoms with van der Waals surface area (Å²) in [7, 11) is 0. The van der Waals surface area contributed by atoms with Gasteiger partial charge in [0.1, 0.15) is 11.4 Å². The van der Waals surface area contributed by atoms with Crippen LogP contribution in [0.3, 0.4) is 0 Å². The van der Waals surface area contributed by atoms with Crippen molar-refractivity contribution in [2.24, 2.45) is 0 Å². The fourth-order valence-electron chi connectivity index (χ4n) is 3.99. The van der Waals surface area contributed by atoms with Gasteiger partial charge in [0.05, 0.1) is 17.8 Å². The molecule has 0 fully saturated rings. The number of nitrogens with one attached hydrogen (secondary N) is 2. The van der Waals surface area contributed by atoms with Crippen LogP contribution in [0.4, 0.5) is 20.6 Å². The number of ketones is 1. The molecule has 1 heterocycles. The monoisotopic (exact) mass is 539 g/mol. The predicted octanol–water partition coefficient (Wildman–Crippen LogP) is 7.42. The van der Waals surface area contributed by atoms with E-state index in [1.165, 1.54) is 6.07 Å². The molecule has 8 heteroatoms. The Morgan fingerprint density at radius 3 is 2.27 bits per heavy atom. The molecule has 2 amide bonds. The Balaban J connectivity index is 1.56. The summed E-state index contributed by atoms with van der Waals surface area (Å²) in [4.78, 5) is 42.8. The fraction of sp³-hybridized carbons (Fsp3) is 0.188. The number of amides is 2. The number of benzene rings is 3. The first-order valence-electron chi connectivity index (χ1n) is 12.7. The van der Waals surface area contributed by atoms with Crippen molar-refractivity contribution in [3.63, 3.8) is 0 Å². The quantitative estimate of drug-likeness (QED) is 0.188. The SMILES string of the molecule is Cc1ccc(-c2cccc(C(=O)CC(=O)Nc3cc(-c4ccccc4F)ccc3NC(=O)OC(C)(C)C)c2)cn1. The highest BCUT2D eigenvalue weighted by Gasteiger charge is 2.20. The van der Waals surface area contributed by atoms with Gasteiger partial charge in [-0.05, 0) is 69.2 Å². The first kappa shape index (κ1) is 28.2. The highest BCUT2D eigenvalue weighted by molar-refractivity contribution is 6.12. The van der Waals surface area contributed by atoms with Gasteiger partial charge in [-0.2, -0.15) is 0 Å². The molecule has 0 saturated carbocycles. The van der Waals surface area contributed by atoms with Crippen LogP contribution >= 0.6 is 0 Å². The lowest BCUT2D eigenvalue weighted by Gasteiger charge is -2.21. The van der Waals surface area contributed by atoms with Crippen molar-refractivity contribution in [3.8, 4) is 22.3 Å². The number of aryl methyl sites for hydroxylation is 1. The minimum atomic E-state index is -0.740. The second kappa shape index (κ2) is 11.9. The van der Waals surface area contributed by atoms with E-state index in [9.17, 15) is 18.8 Å². The molecule has 40 heavy (non-hydrogen) atoms. The first-order valence-corrected chi connectivity index (χ1v) is 12.7. The summed E-state index contributed by atoms with van der Waals surface area (Å²) in [6, 6.07) is 21.7. The van der Waals surface area contributed by atoms with Gasteiger partial charge in [-0.15, -0.1) is 0 Å². The lowest BCUT2D eigenvalue weighted by Crippen LogP contribution is -2.27. The summed E-state index contributed by atoms with van der Waals surface area (Å²) >= 11 is 0. The van der Waals surface area contributed by atoms with Crippen molar-refractivity contribution >= 4 is 29.2 Å². The number of carbonyl (C=O) groups is 3. The molecule has 0 aliphatic rings. The van der Waals surface area contributed by atoms with E-state index in [2.05, 4.69) is 15.6 Å². The number of ether oxygens (including phenoxy) is 1. The number of hydrogen-bond acceptors (Lipinski definition) is 5. The van der Waals surface area contributed by atoms with Crippen molar-refractivity contribution < 1.29 is 23.5 Å². The van der Waals surface area contributed by atoms with E-state index >= 15 is 0 Å². The van der Waals surface area contributed by atoms with Crippen molar-refractivity contribution in [1.29, 1.82) is 0 Å². The predicted molar refractivity (Wildman–Crippen MR) is 154 cm³/mol. The Morgan fingerprint density at radius 2 is 1.57 bits per heavy atom. The van der Waals surface area contributed by atoms with E-state index in [0.717, 1.165) is 16.8 Å². The van der Waals surface area contributed by atoms with Crippen molar-refractivity contribution in [1.82, 2.24) is 4.98 Å². The van der Waals surface area contributed by atoms with Crippen molar-refractivity contribution in [2.75, 3.05) is 10.6 Å². The number of rotatable bonds is 7. The van der Waals surface area contributed by atoms with E-state index in [1.54, 1.807) is 81.6 Å². The smallest absolute Gasteiger partial charge is 0.412 e. The van der Waals surface area contributed by atoms with Crippen LogP contribution in [0.1, 0.15) is 43.2 Å². The molecule has 4 rings (SSSR count). The number of aromatic nitrogens is 1. The average Bonchev–Trinajstić information content (AvgIpc) is 2.89. The number of carbonyl (C=O) groups excluding carboxylic acids is 3.